The van der Waals surface area contributed by atoms with Crippen LogP contribution in [-0.2, 0) is 12.7 Å². The lowest BCUT2D eigenvalue weighted by molar-refractivity contribution is -0.136. The lowest BCUT2D eigenvalue weighted by Gasteiger charge is -2.15. The summed E-state index contributed by atoms with van der Waals surface area (Å²) in [5.74, 6) is -0.922. The summed E-state index contributed by atoms with van der Waals surface area (Å²) in [4.78, 5) is 30.2. The summed E-state index contributed by atoms with van der Waals surface area (Å²) in [6, 6.07) is 18.4. The highest BCUT2D eigenvalue weighted by Crippen LogP contribution is 2.34. The standard InChI is InChI=1S/C23H16F3N3O2/c24-23(25,26)18-10-4-5-11-19(18)28-21(30)17-13-16-9-6-12-27-20(16)29(22(17)31)14-15-7-2-1-3-8-15/h1-13H,14H2,(H,28,30). The number of hydrogen-bond donors (Lipinski definition) is 1. The van der Waals surface area contributed by atoms with Gasteiger partial charge in [-0.1, -0.05) is 42.5 Å². The number of pyridine rings is 2. The number of nitrogens with one attached hydrogen (secondary N) is 1. The summed E-state index contributed by atoms with van der Waals surface area (Å²) in [5, 5.41) is 2.76. The third-order valence-electron chi connectivity index (χ3n) is 4.76. The van der Waals surface area contributed by atoms with Crippen molar-refractivity contribution in [3.8, 4) is 0 Å². The third-order valence-corrected chi connectivity index (χ3v) is 4.76. The molecule has 0 saturated heterocycles. The fourth-order valence-electron chi connectivity index (χ4n) is 3.31. The first-order valence-electron chi connectivity index (χ1n) is 9.34. The van der Waals surface area contributed by atoms with E-state index in [-0.39, 0.29) is 12.1 Å². The van der Waals surface area contributed by atoms with Gasteiger partial charge in [-0.05, 0) is 35.9 Å². The number of carbonyl (C=O) groups is 1. The van der Waals surface area contributed by atoms with Gasteiger partial charge in [0.1, 0.15) is 11.2 Å². The lowest BCUT2D eigenvalue weighted by atomic mass is 10.1. The van der Waals surface area contributed by atoms with Crippen molar-refractivity contribution < 1.29 is 18.0 Å². The zero-order valence-corrected chi connectivity index (χ0v) is 16.1. The molecule has 2 aromatic carbocycles. The van der Waals surface area contributed by atoms with Gasteiger partial charge in [0.2, 0.25) is 0 Å². The van der Waals surface area contributed by atoms with E-state index in [1.165, 1.54) is 29.0 Å². The van der Waals surface area contributed by atoms with Crippen LogP contribution < -0.4 is 10.9 Å². The number of amides is 1. The van der Waals surface area contributed by atoms with Crippen molar-refractivity contribution in [2.24, 2.45) is 0 Å². The lowest BCUT2D eigenvalue weighted by Crippen LogP contribution is -2.30. The third kappa shape index (κ3) is 4.18. The molecule has 0 aliphatic heterocycles. The van der Waals surface area contributed by atoms with Crippen molar-refractivity contribution in [3.05, 3.63) is 106 Å². The van der Waals surface area contributed by atoms with E-state index >= 15 is 0 Å². The maximum Gasteiger partial charge on any atom is 0.418 e. The highest BCUT2D eigenvalue weighted by Gasteiger charge is 2.33. The van der Waals surface area contributed by atoms with Gasteiger partial charge in [-0.2, -0.15) is 13.2 Å². The molecule has 4 rings (SSSR count). The van der Waals surface area contributed by atoms with Crippen LogP contribution in [-0.4, -0.2) is 15.5 Å². The molecule has 0 aliphatic carbocycles. The van der Waals surface area contributed by atoms with Gasteiger partial charge in [-0.25, -0.2) is 4.98 Å². The molecule has 0 aliphatic rings. The Morgan fingerprint density at radius 2 is 1.68 bits per heavy atom. The van der Waals surface area contributed by atoms with Crippen LogP contribution in [0.2, 0.25) is 0 Å². The SMILES string of the molecule is O=C(Nc1ccccc1C(F)(F)F)c1cc2cccnc2n(Cc2ccccc2)c1=O. The molecule has 2 heterocycles. The minimum Gasteiger partial charge on any atom is -0.321 e. The van der Waals surface area contributed by atoms with Gasteiger partial charge in [0.15, 0.2) is 0 Å². The molecule has 31 heavy (non-hydrogen) atoms. The Balaban J connectivity index is 1.79. The average Bonchev–Trinajstić information content (AvgIpc) is 2.76. The topological polar surface area (TPSA) is 64.0 Å². The van der Waals surface area contributed by atoms with Crippen LogP contribution in [0.15, 0.2) is 83.8 Å². The molecule has 1 amide bonds. The predicted molar refractivity (Wildman–Crippen MR) is 111 cm³/mol. The van der Waals surface area contributed by atoms with Crippen molar-refractivity contribution in [2.45, 2.75) is 12.7 Å². The maximum atomic E-state index is 13.3. The Morgan fingerprint density at radius 3 is 2.42 bits per heavy atom. The van der Waals surface area contributed by atoms with Crippen molar-refractivity contribution in [3.63, 3.8) is 0 Å². The van der Waals surface area contributed by atoms with E-state index in [9.17, 15) is 22.8 Å². The van der Waals surface area contributed by atoms with Crippen LogP contribution in [0.25, 0.3) is 11.0 Å². The minimum absolute atomic E-state index is 0.160. The van der Waals surface area contributed by atoms with Gasteiger partial charge >= 0.3 is 6.18 Å². The summed E-state index contributed by atoms with van der Waals surface area (Å²) in [7, 11) is 0. The summed E-state index contributed by atoms with van der Waals surface area (Å²) < 4.78 is 41.2. The zero-order chi connectivity index (χ0) is 22.0. The second kappa shape index (κ2) is 8.06. The molecular formula is C23H16F3N3O2. The van der Waals surface area contributed by atoms with E-state index in [2.05, 4.69) is 10.3 Å². The van der Waals surface area contributed by atoms with E-state index in [0.29, 0.717) is 11.0 Å². The molecule has 0 radical (unpaired) electrons. The average molecular weight is 423 g/mol. The van der Waals surface area contributed by atoms with Crippen LogP contribution in [0.3, 0.4) is 0 Å². The Hall–Kier alpha value is -3.94. The Bertz CT molecular complexity index is 1320. The smallest absolute Gasteiger partial charge is 0.321 e. The summed E-state index contributed by atoms with van der Waals surface area (Å²) in [5.41, 5.74) is -1.12. The number of nitrogens with zero attached hydrogens (tertiary/aromatic N) is 2. The number of alkyl halides is 3. The number of carbonyl (C=O) groups excluding carboxylic acids is 1. The largest absolute Gasteiger partial charge is 0.418 e. The number of benzene rings is 2. The zero-order valence-electron chi connectivity index (χ0n) is 16.1. The molecule has 5 nitrogen and oxygen atoms in total. The Labute approximate surface area is 174 Å². The van der Waals surface area contributed by atoms with E-state index in [0.717, 1.165) is 17.7 Å². The Kier molecular flexibility index (Phi) is 5.29. The van der Waals surface area contributed by atoms with Crippen LogP contribution >= 0.6 is 0 Å². The number of anilines is 1. The number of aromatic nitrogens is 2. The summed E-state index contributed by atoms with van der Waals surface area (Å²) in [6.07, 6.45) is -3.12. The molecule has 1 N–H and O–H groups in total. The van der Waals surface area contributed by atoms with Gasteiger partial charge in [-0.3, -0.25) is 14.2 Å². The summed E-state index contributed by atoms with van der Waals surface area (Å²) in [6.45, 7) is 0.160. The molecule has 0 bridgehead atoms. The van der Waals surface area contributed by atoms with Gasteiger partial charge in [-0.15, -0.1) is 0 Å². The first kappa shape index (κ1) is 20.3. The maximum absolute atomic E-state index is 13.3. The van der Waals surface area contributed by atoms with Gasteiger partial charge < -0.3 is 5.32 Å². The quantitative estimate of drug-likeness (QED) is 0.517. The highest BCUT2D eigenvalue weighted by atomic mass is 19.4. The van der Waals surface area contributed by atoms with Crippen LogP contribution in [0, 0.1) is 0 Å². The van der Waals surface area contributed by atoms with Crippen LogP contribution in [0.1, 0.15) is 21.5 Å². The van der Waals surface area contributed by atoms with E-state index in [1.54, 1.807) is 12.1 Å². The molecule has 156 valence electrons. The van der Waals surface area contributed by atoms with Crippen molar-refractivity contribution in [2.75, 3.05) is 5.32 Å². The van der Waals surface area contributed by atoms with Crippen molar-refractivity contribution >= 4 is 22.6 Å². The minimum atomic E-state index is -4.65. The highest BCUT2D eigenvalue weighted by molar-refractivity contribution is 6.06. The van der Waals surface area contributed by atoms with Crippen molar-refractivity contribution in [1.82, 2.24) is 9.55 Å². The normalized spacial score (nSPS) is 11.5. The Morgan fingerprint density at radius 1 is 0.968 bits per heavy atom. The fraction of sp³-hybridized carbons (Fsp3) is 0.0870. The van der Waals surface area contributed by atoms with E-state index in [4.69, 9.17) is 0 Å². The number of fused-ring (bicyclic) bond motifs is 1. The van der Waals surface area contributed by atoms with Gasteiger partial charge in [0.05, 0.1) is 17.8 Å². The molecule has 8 heteroatoms. The van der Waals surface area contributed by atoms with Crippen molar-refractivity contribution in [1.29, 1.82) is 0 Å². The second-order valence-corrected chi connectivity index (χ2v) is 6.85. The van der Waals surface area contributed by atoms with Crippen LogP contribution in [0.5, 0.6) is 0 Å². The second-order valence-electron chi connectivity index (χ2n) is 6.85. The molecule has 0 spiro atoms. The first-order chi connectivity index (χ1) is 14.8. The first-order valence-corrected chi connectivity index (χ1v) is 9.34. The number of para-hydroxylation sites is 1. The fourth-order valence-corrected chi connectivity index (χ4v) is 3.31. The molecule has 0 fully saturated rings. The number of hydrogen-bond acceptors (Lipinski definition) is 3. The van der Waals surface area contributed by atoms with Gasteiger partial charge in [0, 0.05) is 11.6 Å². The molecule has 0 saturated carbocycles. The molecule has 4 aromatic rings. The number of rotatable bonds is 4. The molecule has 2 aromatic heterocycles. The van der Waals surface area contributed by atoms with Crippen LogP contribution in [0.4, 0.5) is 18.9 Å². The van der Waals surface area contributed by atoms with E-state index in [1.807, 2.05) is 30.3 Å². The number of halogens is 3. The molecular weight excluding hydrogens is 407 g/mol. The summed E-state index contributed by atoms with van der Waals surface area (Å²) >= 11 is 0. The van der Waals surface area contributed by atoms with E-state index < -0.39 is 28.9 Å². The molecule has 0 unspecified atom stereocenters. The predicted octanol–water partition coefficient (Wildman–Crippen LogP) is 4.72. The monoisotopic (exact) mass is 423 g/mol. The molecule has 0 atom stereocenters. The van der Waals surface area contributed by atoms with Gasteiger partial charge in [0.25, 0.3) is 11.5 Å².